The zero-order valence-electron chi connectivity index (χ0n) is 6.33. The first-order chi connectivity index (χ1) is 6.09. The molecule has 0 aliphatic rings. The molecule has 1 aromatic heterocycles. The van der Waals surface area contributed by atoms with Crippen LogP contribution in [0.2, 0.25) is 5.15 Å². The Kier molecular flexibility index (Phi) is 4.27. The van der Waals surface area contributed by atoms with Crippen LogP contribution >= 0.6 is 27.5 Å². The number of hydrogen-bond donors (Lipinski definition) is 2. The molecule has 0 saturated carbocycles. The van der Waals surface area contributed by atoms with E-state index >= 15 is 0 Å². The second-order valence-electron chi connectivity index (χ2n) is 2.19. The monoisotopic (exact) mass is 284 g/mol. The Morgan fingerprint density at radius 2 is 2.46 bits per heavy atom. The molecule has 2 N–H and O–H groups in total. The van der Waals surface area contributed by atoms with Gasteiger partial charge in [-0.15, -0.1) is 0 Å². The minimum atomic E-state index is -2.00. The fourth-order valence-corrected chi connectivity index (χ4v) is 1.49. The van der Waals surface area contributed by atoms with Crippen LogP contribution in [0.15, 0.2) is 16.7 Å². The lowest BCUT2D eigenvalue weighted by atomic mass is 10.3. The molecule has 0 bridgehead atoms. The molecule has 0 aliphatic carbocycles. The van der Waals surface area contributed by atoms with Crippen molar-refractivity contribution in [2.75, 3.05) is 0 Å². The Bertz CT molecular complexity index is 336. The molecule has 4 nitrogen and oxygen atoms in total. The Hall–Kier alpha value is -0.0100. The molecular weight excluding hydrogens is 280 g/mol. The van der Waals surface area contributed by atoms with E-state index < -0.39 is 11.3 Å². The summed E-state index contributed by atoms with van der Waals surface area (Å²) in [5, 5.41) is 0.369. The number of pyridine rings is 1. The standard InChI is InChI=1S/C6H6BrClN2O2S/c7-5-1-4(2-9-6(5)8)3-10-13(11)12/h1-2,10H,3H2,(H,11,12). The summed E-state index contributed by atoms with van der Waals surface area (Å²) in [7, 11) is 0. The molecule has 0 amide bonds. The predicted octanol–water partition coefficient (Wildman–Crippen LogP) is 1.72. The van der Waals surface area contributed by atoms with E-state index in [-0.39, 0.29) is 6.54 Å². The number of hydrogen-bond acceptors (Lipinski definition) is 2. The summed E-state index contributed by atoms with van der Waals surface area (Å²) in [6, 6.07) is 1.73. The van der Waals surface area contributed by atoms with Crippen LogP contribution in [0.5, 0.6) is 0 Å². The average Bonchev–Trinajstić information content (AvgIpc) is 2.07. The van der Waals surface area contributed by atoms with Crippen molar-refractivity contribution < 1.29 is 8.76 Å². The van der Waals surface area contributed by atoms with Crippen molar-refractivity contribution >= 4 is 38.8 Å². The molecule has 0 radical (unpaired) electrons. The summed E-state index contributed by atoms with van der Waals surface area (Å²) < 4.78 is 21.7. The van der Waals surface area contributed by atoms with Crippen LogP contribution < -0.4 is 4.72 Å². The molecule has 0 aromatic carbocycles. The third-order valence-electron chi connectivity index (χ3n) is 1.25. The van der Waals surface area contributed by atoms with E-state index in [4.69, 9.17) is 16.2 Å². The first kappa shape index (κ1) is 11.1. The van der Waals surface area contributed by atoms with Gasteiger partial charge in [0.15, 0.2) is 0 Å². The lowest BCUT2D eigenvalue weighted by Gasteiger charge is -2.01. The van der Waals surface area contributed by atoms with Crippen LogP contribution in [0, 0.1) is 0 Å². The Morgan fingerprint density at radius 3 is 3.00 bits per heavy atom. The molecule has 72 valence electrons. The Labute approximate surface area is 91.2 Å². The molecule has 1 aromatic rings. The molecule has 0 aliphatic heterocycles. The molecule has 13 heavy (non-hydrogen) atoms. The van der Waals surface area contributed by atoms with Crippen molar-refractivity contribution in [1.82, 2.24) is 9.71 Å². The second-order valence-corrected chi connectivity index (χ2v) is 4.19. The van der Waals surface area contributed by atoms with Crippen LogP contribution in [0.25, 0.3) is 0 Å². The topological polar surface area (TPSA) is 62.2 Å². The van der Waals surface area contributed by atoms with E-state index in [2.05, 4.69) is 25.6 Å². The lowest BCUT2D eigenvalue weighted by Crippen LogP contribution is -2.15. The maximum absolute atomic E-state index is 10.3. The summed E-state index contributed by atoms with van der Waals surface area (Å²) in [6.45, 7) is 0.270. The molecule has 1 rings (SSSR count). The SMILES string of the molecule is O=S(O)NCc1cnc(Cl)c(Br)c1. The highest BCUT2D eigenvalue weighted by Gasteiger charge is 2.00. The number of nitrogens with zero attached hydrogens (tertiary/aromatic N) is 1. The smallest absolute Gasteiger partial charge is 0.232 e. The molecule has 0 fully saturated rings. The highest BCUT2D eigenvalue weighted by Crippen LogP contribution is 2.20. The summed E-state index contributed by atoms with van der Waals surface area (Å²) in [5.74, 6) is 0. The maximum atomic E-state index is 10.3. The molecule has 0 spiro atoms. The minimum absolute atomic E-state index is 0.270. The first-order valence-electron chi connectivity index (χ1n) is 3.24. The largest absolute Gasteiger partial charge is 0.294 e. The first-order valence-corrected chi connectivity index (χ1v) is 5.51. The highest BCUT2D eigenvalue weighted by molar-refractivity contribution is 9.10. The van der Waals surface area contributed by atoms with Gasteiger partial charge in [-0.25, -0.2) is 13.9 Å². The zero-order chi connectivity index (χ0) is 9.84. The second kappa shape index (κ2) is 5.02. The molecule has 1 unspecified atom stereocenters. The van der Waals surface area contributed by atoms with Gasteiger partial charge in [-0.05, 0) is 27.6 Å². The fraction of sp³-hybridized carbons (Fsp3) is 0.167. The van der Waals surface area contributed by atoms with E-state index in [1.807, 2.05) is 0 Å². The molecule has 7 heteroatoms. The third kappa shape index (κ3) is 3.70. The lowest BCUT2D eigenvalue weighted by molar-refractivity contribution is 0.548. The summed E-state index contributed by atoms with van der Waals surface area (Å²) in [5.41, 5.74) is 0.777. The van der Waals surface area contributed by atoms with Gasteiger partial charge in [-0.2, -0.15) is 0 Å². The van der Waals surface area contributed by atoms with Crippen molar-refractivity contribution in [1.29, 1.82) is 0 Å². The van der Waals surface area contributed by atoms with Gasteiger partial charge in [0.1, 0.15) is 5.15 Å². The number of aromatic nitrogens is 1. The van der Waals surface area contributed by atoms with Gasteiger partial charge < -0.3 is 0 Å². The summed E-state index contributed by atoms with van der Waals surface area (Å²) in [4.78, 5) is 3.85. The maximum Gasteiger partial charge on any atom is 0.232 e. The van der Waals surface area contributed by atoms with Gasteiger partial charge in [0.25, 0.3) is 0 Å². The van der Waals surface area contributed by atoms with Crippen molar-refractivity contribution in [3.05, 3.63) is 27.5 Å². The molecular formula is C6H6BrClN2O2S. The van der Waals surface area contributed by atoms with Gasteiger partial charge in [0, 0.05) is 12.7 Å². The zero-order valence-corrected chi connectivity index (χ0v) is 9.49. The quantitative estimate of drug-likeness (QED) is 0.657. The van der Waals surface area contributed by atoms with Crippen LogP contribution in [0.3, 0.4) is 0 Å². The van der Waals surface area contributed by atoms with E-state index in [0.29, 0.717) is 9.63 Å². The van der Waals surface area contributed by atoms with Gasteiger partial charge in [0.05, 0.1) is 4.47 Å². The summed E-state index contributed by atoms with van der Waals surface area (Å²) >= 11 is 6.84. The van der Waals surface area contributed by atoms with Gasteiger partial charge in [0.2, 0.25) is 11.3 Å². The number of halogens is 2. The average molecular weight is 286 g/mol. The summed E-state index contributed by atoms with van der Waals surface area (Å²) in [6.07, 6.45) is 1.53. The Morgan fingerprint density at radius 1 is 1.77 bits per heavy atom. The molecule has 0 saturated heterocycles. The highest BCUT2D eigenvalue weighted by atomic mass is 79.9. The van der Waals surface area contributed by atoms with Crippen LogP contribution in [0.1, 0.15) is 5.56 Å². The minimum Gasteiger partial charge on any atom is -0.294 e. The van der Waals surface area contributed by atoms with E-state index in [1.165, 1.54) is 6.20 Å². The van der Waals surface area contributed by atoms with Gasteiger partial charge in [-0.1, -0.05) is 11.6 Å². The number of rotatable bonds is 3. The molecule has 1 atom stereocenters. The van der Waals surface area contributed by atoms with E-state index in [0.717, 1.165) is 5.56 Å². The van der Waals surface area contributed by atoms with Crippen molar-refractivity contribution in [3.63, 3.8) is 0 Å². The van der Waals surface area contributed by atoms with Crippen LogP contribution in [-0.2, 0) is 17.8 Å². The normalized spacial score (nSPS) is 12.8. The van der Waals surface area contributed by atoms with E-state index in [1.54, 1.807) is 6.07 Å². The van der Waals surface area contributed by atoms with Gasteiger partial charge in [-0.3, -0.25) is 4.55 Å². The molecule has 1 heterocycles. The van der Waals surface area contributed by atoms with Crippen LogP contribution in [0.4, 0.5) is 0 Å². The fourth-order valence-electron chi connectivity index (χ4n) is 0.703. The van der Waals surface area contributed by atoms with Crippen LogP contribution in [-0.4, -0.2) is 13.7 Å². The van der Waals surface area contributed by atoms with E-state index in [9.17, 15) is 4.21 Å². The van der Waals surface area contributed by atoms with Crippen molar-refractivity contribution in [2.24, 2.45) is 0 Å². The Balaban J connectivity index is 2.68. The van der Waals surface area contributed by atoms with Crippen molar-refractivity contribution in [3.8, 4) is 0 Å². The van der Waals surface area contributed by atoms with Gasteiger partial charge >= 0.3 is 0 Å². The van der Waals surface area contributed by atoms with Crippen molar-refractivity contribution in [2.45, 2.75) is 6.54 Å². The predicted molar refractivity (Wildman–Crippen MR) is 54.6 cm³/mol. The third-order valence-corrected chi connectivity index (χ3v) is 2.78. The number of nitrogens with one attached hydrogen (secondary N) is 1.